The minimum absolute atomic E-state index is 0.369. The van der Waals surface area contributed by atoms with Crippen molar-refractivity contribution in [3.8, 4) is 0 Å². The minimum Gasteiger partial charge on any atom is -0.381 e. The highest BCUT2D eigenvalue weighted by Gasteiger charge is 2.11. The Morgan fingerprint density at radius 2 is 1.81 bits per heavy atom. The van der Waals surface area contributed by atoms with Gasteiger partial charge in [0.15, 0.2) is 5.82 Å². The summed E-state index contributed by atoms with van der Waals surface area (Å²) in [7, 11) is 0. The summed E-state index contributed by atoms with van der Waals surface area (Å²) in [5.41, 5.74) is 13.6. The van der Waals surface area contributed by atoms with Crippen LogP contribution in [-0.4, -0.2) is 5.10 Å². The summed E-state index contributed by atoms with van der Waals surface area (Å²) in [5.74, 6) is 0.738. The zero-order valence-corrected chi connectivity index (χ0v) is 8.86. The molecule has 0 unspecified atom stereocenters. The molecule has 0 bridgehead atoms. The van der Waals surface area contributed by atoms with E-state index in [1.807, 2.05) is 31.2 Å². The topological polar surface area (TPSA) is 107 Å². The highest BCUT2D eigenvalue weighted by atomic mass is 15.2. The number of aromatic amines is 2. The number of rotatable bonds is 2. The van der Waals surface area contributed by atoms with Gasteiger partial charge in [0.25, 0.3) is 0 Å². The third-order valence-corrected chi connectivity index (χ3v) is 2.14. The molecule has 0 saturated heterocycles. The average molecular weight is 217 g/mol. The first kappa shape index (κ1) is 10.2. The molecular weight excluding hydrogens is 204 g/mol. The van der Waals surface area contributed by atoms with Gasteiger partial charge in [-0.1, -0.05) is 17.7 Å². The lowest BCUT2D eigenvalue weighted by Crippen LogP contribution is -2.07. The second-order valence-electron chi connectivity index (χ2n) is 3.46. The molecule has 6 N–H and O–H groups in total. The summed E-state index contributed by atoms with van der Waals surface area (Å²) in [5, 5.41) is 13.3. The van der Waals surface area contributed by atoms with Gasteiger partial charge in [0.05, 0.1) is 5.69 Å². The number of anilines is 2. The van der Waals surface area contributed by atoms with E-state index in [2.05, 4.69) is 20.4 Å². The van der Waals surface area contributed by atoms with Gasteiger partial charge in [0, 0.05) is 0 Å². The third kappa shape index (κ3) is 2.00. The maximum atomic E-state index is 5.61. The maximum absolute atomic E-state index is 5.61. The number of hydrogen-bond acceptors (Lipinski definition) is 4. The molecule has 0 amide bonds. The first-order valence-electron chi connectivity index (χ1n) is 4.80. The number of azo groups is 1. The van der Waals surface area contributed by atoms with E-state index in [1.54, 1.807) is 0 Å². The minimum atomic E-state index is 0.369. The van der Waals surface area contributed by atoms with Crippen LogP contribution in [0.3, 0.4) is 0 Å². The van der Waals surface area contributed by atoms with E-state index in [0.717, 1.165) is 5.69 Å². The molecule has 6 nitrogen and oxygen atoms in total. The van der Waals surface area contributed by atoms with Gasteiger partial charge >= 0.3 is 5.82 Å². The van der Waals surface area contributed by atoms with Crippen LogP contribution in [0.4, 0.5) is 23.0 Å². The van der Waals surface area contributed by atoms with E-state index in [4.69, 9.17) is 11.5 Å². The van der Waals surface area contributed by atoms with E-state index in [9.17, 15) is 0 Å². The molecule has 16 heavy (non-hydrogen) atoms. The van der Waals surface area contributed by atoms with Crippen LogP contribution in [0.5, 0.6) is 0 Å². The van der Waals surface area contributed by atoms with Crippen molar-refractivity contribution in [2.24, 2.45) is 10.2 Å². The predicted molar refractivity (Wildman–Crippen MR) is 61.5 cm³/mol. The standard InChI is InChI=1S/C10H12N6/c1-6-2-4-7(5-3-6)13-14-8-9(11)15-16-10(8)12/h2-5H,1H3,(H5,11,12,15,16)/p+1. The van der Waals surface area contributed by atoms with Crippen LogP contribution >= 0.6 is 0 Å². The van der Waals surface area contributed by atoms with Crippen LogP contribution < -0.4 is 16.6 Å². The normalized spacial score (nSPS) is 11.1. The van der Waals surface area contributed by atoms with Crippen molar-refractivity contribution in [1.29, 1.82) is 0 Å². The molecule has 0 radical (unpaired) electrons. The third-order valence-electron chi connectivity index (χ3n) is 2.14. The van der Waals surface area contributed by atoms with E-state index in [-0.39, 0.29) is 0 Å². The number of H-pyrrole nitrogens is 2. The summed E-state index contributed by atoms with van der Waals surface area (Å²) < 4.78 is 0. The van der Waals surface area contributed by atoms with Crippen molar-refractivity contribution in [3.05, 3.63) is 29.8 Å². The number of nitrogens with zero attached hydrogens (tertiary/aromatic N) is 2. The Morgan fingerprint density at radius 3 is 2.38 bits per heavy atom. The van der Waals surface area contributed by atoms with Crippen molar-refractivity contribution in [3.63, 3.8) is 0 Å². The van der Waals surface area contributed by atoms with E-state index in [0.29, 0.717) is 17.3 Å². The zero-order chi connectivity index (χ0) is 11.5. The molecule has 0 aliphatic rings. The highest BCUT2D eigenvalue weighted by Crippen LogP contribution is 2.26. The van der Waals surface area contributed by atoms with Crippen LogP contribution in [0, 0.1) is 6.92 Å². The number of nitrogens with one attached hydrogen (secondary N) is 2. The molecule has 0 aliphatic carbocycles. The second-order valence-corrected chi connectivity index (χ2v) is 3.46. The Morgan fingerprint density at radius 1 is 1.12 bits per heavy atom. The predicted octanol–water partition coefficient (Wildman–Crippen LogP) is 1.72. The van der Waals surface area contributed by atoms with Gasteiger partial charge in [-0.25, -0.2) is 5.10 Å². The lowest BCUT2D eigenvalue weighted by molar-refractivity contribution is -0.431. The van der Waals surface area contributed by atoms with Crippen LogP contribution in [0.1, 0.15) is 5.56 Å². The molecule has 2 aromatic rings. The summed E-state index contributed by atoms with van der Waals surface area (Å²) >= 11 is 0. The van der Waals surface area contributed by atoms with Crippen molar-refractivity contribution in [2.45, 2.75) is 6.92 Å². The van der Waals surface area contributed by atoms with Gasteiger partial charge in [-0.3, -0.25) is 5.73 Å². The first-order chi connectivity index (χ1) is 7.66. The summed E-state index contributed by atoms with van der Waals surface area (Å²) in [6, 6.07) is 7.68. The Kier molecular flexibility index (Phi) is 2.55. The Labute approximate surface area is 92.4 Å². The van der Waals surface area contributed by atoms with Gasteiger partial charge in [-0.15, -0.1) is 5.11 Å². The molecule has 0 aliphatic heterocycles. The van der Waals surface area contributed by atoms with Crippen molar-refractivity contribution < 1.29 is 5.10 Å². The lowest BCUT2D eigenvalue weighted by Gasteiger charge is -1.92. The lowest BCUT2D eigenvalue weighted by atomic mass is 10.2. The van der Waals surface area contributed by atoms with Gasteiger partial charge in [-0.05, 0) is 19.1 Å². The van der Waals surface area contributed by atoms with Crippen molar-refractivity contribution in [2.75, 3.05) is 11.5 Å². The zero-order valence-electron chi connectivity index (χ0n) is 8.86. The Balaban J connectivity index is 2.24. The molecule has 1 heterocycles. The van der Waals surface area contributed by atoms with E-state index >= 15 is 0 Å². The molecule has 1 aromatic heterocycles. The molecule has 0 fully saturated rings. The molecule has 0 atom stereocenters. The van der Waals surface area contributed by atoms with Crippen LogP contribution in [0.2, 0.25) is 0 Å². The average Bonchev–Trinajstić information content (AvgIpc) is 2.59. The largest absolute Gasteiger partial charge is 0.381 e. The number of benzene rings is 1. The number of aryl methyl sites for hydroxylation is 1. The number of nitrogen functional groups attached to an aromatic ring is 2. The number of aromatic nitrogens is 2. The Bertz CT molecular complexity index is 491. The van der Waals surface area contributed by atoms with Gasteiger partial charge in [0.1, 0.15) is 0 Å². The summed E-state index contributed by atoms with van der Waals surface area (Å²) in [4.78, 5) is 0. The molecule has 1 aromatic carbocycles. The molecular formula is C10H13N6+. The SMILES string of the molecule is Cc1ccc(N=Nc2c(N)[nH][nH+]c2N)cc1. The van der Waals surface area contributed by atoms with E-state index in [1.165, 1.54) is 5.56 Å². The molecule has 0 spiro atoms. The quantitative estimate of drug-likeness (QED) is 0.666. The summed E-state index contributed by atoms with van der Waals surface area (Å²) in [6.07, 6.45) is 0. The molecule has 6 heteroatoms. The van der Waals surface area contributed by atoms with Crippen molar-refractivity contribution >= 4 is 23.0 Å². The fourth-order valence-electron chi connectivity index (χ4n) is 1.23. The fraction of sp³-hybridized carbons (Fsp3) is 0.100. The number of hydrogen-bond donors (Lipinski definition) is 3. The fourth-order valence-corrected chi connectivity index (χ4v) is 1.23. The maximum Gasteiger partial charge on any atom is 0.320 e. The van der Waals surface area contributed by atoms with Crippen LogP contribution in [-0.2, 0) is 0 Å². The number of nitrogens with two attached hydrogens (primary N) is 2. The molecule has 2 rings (SSSR count). The molecule has 82 valence electrons. The second kappa shape index (κ2) is 4.01. The van der Waals surface area contributed by atoms with Crippen molar-refractivity contribution in [1.82, 2.24) is 5.10 Å². The Hall–Kier alpha value is -2.37. The van der Waals surface area contributed by atoms with Gasteiger partial charge in [-0.2, -0.15) is 10.2 Å². The molecule has 0 saturated carbocycles. The smallest absolute Gasteiger partial charge is 0.320 e. The highest BCUT2D eigenvalue weighted by molar-refractivity contribution is 5.67. The van der Waals surface area contributed by atoms with Gasteiger partial charge < -0.3 is 5.73 Å². The van der Waals surface area contributed by atoms with Gasteiger partial charge in [0.2, 0.25) is 5.69 Å². The first-order valence-corrected chi connectivity index (χ1v) is 4.80. The van der Waals surface area contributed by atoms with E-state index < -0.39 is 0 Å². The monoisotopic (exact) mass is 217 g/mol. The van der Waals surface area contributed by atoms with Crippen LogP contribution in [0.15, 0.2) is 34.5 Å². The summed E-state index contributed by atoms with van der Waals surface area (Å²) in [6.45, 7) is 2.01. The van der Waals surface area contributed by atoms with Crippen LogP contribution in [0.25, 0.3) is 0 Å².